The molecule has 0 aliphatic heterocycles. The fraction of sp³-hybridized carbons (Fsp3) is 0.333. The second-order valence-electron chi connectivity index (χ2n) is 8.22. The highest BCUT2D eigenvalue weighted by molar-refractivity contribution is 5.94. The first-order chi connectivity index (χ1) is 14.0. The Morgan fingerprint density at radius 2 is 1.93 bits per heavy atom. The number of nitrogens with zero attached hydrogens (tertiary/aromatic N) is 2. The molecule has 0 saturated heterocycles. The van der Waals surface area contributed by atoms with Crippen LogP contribution in [-0.2, 0) is 0 Å². The van der Waals surface area contributed by atoms with Crippen LogP contribution in [0.2, 0.25) is 0 Å². The fourth-order valence-electron chi connectivity index (χ4n) is 4.14. The Morgan fingerprint density at radius 1 is 1.14 bits per heavy atom. The zero-order valence-electron chi connectivity index (χ0n) is 17.1. The van der Waals surface area contributed by atoms with Crippen LogP contribution in [-0.4, -0.2) is 21.7 Å². The topological polar surface area (TPSA) is 72.9 Å². The molecule has 1 heterocycles. The maximum absolute atomic E-state index is 12.6. The number of carbonyl (C=O) groups is 1. The summed E-state index contributed by atoms with van der Waals surface area (Å²) in [7, 11) is 0. The lowest BCUT2D eigenvalue weighted by molar-refractivity contribution is 0.0921. The number of amides is 1. The van der Waals surface area contributed by atoms with Crippen molar-refractivity contribution in [2.45, 2.75) is 45.6 Å². The number of nitrogens with one attached hydrogen (secondary N) is 1. The highest BCUT2D eigenvalue weighted by Crippen LogP contribution is 2.25. The van der Waals surface area contributed by atoms with Crippen molar-refractivity contribution in [3.05, 3.63) is 65.7 Å². The lowest BCUT2D eigenvalue weighted by atomic mass is 9.87. The molecule has 5 nitrogen and oxygen atoms in total. The quantitative estimate of drug-likeness (QED) is 0.678. The lowest BCUT2D eigenvalue weighted by Gasteiger charge is -2.27. The van der Waals surface area contributed by atoms with E-state index < -0.39 is 0 Å². The van der Waals surface area contributed by atoms with Crippen LogP contribution in [0.25, 0.3) is 16.9 Å². The third-order valence-electron chi connectivity index (χ3n) is 5.70. The number of hydrogen-bond acceptors (Lipinski definition) is 3. The molecule has 0 spiro atoms. The van der Waals surface area contributed by atoms with Gasteiger partial charge >= 0.3 is 0 Å². The van der Waals surface area contributed by atoms with Gasteiger partial charge < -0.3 is 11.1 Å². The van der Waals surface area contributed by atoms with Gasteiger partial charge in [-0.3, -0.25) is 4.79 Å². The minimum absolute atomic E-state index is 0.00969. The Kier molecular flexibility index (Phi) is 5.38. The van der Waals surface area contributed by atoms with Crippen LogP contribution >= 0.6 is 0 Å². The molecule has 3 N–H and O–H groups in total. The summed E-state index contributed by atoms with van der Waals surface area (Å²) in [4.78, 5) is 12.6. The Bertz CT molecular complexity index is 1010. The van der Waals surface area contributed by atoms with Gasteiger partial charge in [0.1, 0.15) is 5.82 Å². The average molecular weight is 389 g/mol. The maximum Gasteiger partial charge on any atom is 0.251 e. The Hall–Kier alpha value is -3.08. The molecule has 2 atom stereocenters. The summed E-state index contributed by atoms with van der Waals surface area (Å²) in [5.74, 6) is 1.24. The summed E-state index contributed by atoms with van der Waals surface area (Å²) >= 11 is 0. The summed E-state index contributed by atoms with van der Waals surface area (Å²) in [6, 6.07) is 17.8. The molecule has 1 fully saturated rings. The van der Waals surface area contributed by atoms with Crippen molar-refractivity contribution < 1.29 is 4.79 Å². The molecule has 4 rings (SSSR count). The van der Waals surface area contributed by atoms with Gasteiger partial charge in [0.2, 0.25) is 0 Å². The maximum atomic E-state index is 12.6. The molecule has 2 aromatic carbocycles. The van der Waals surface area contributed by atoms with E-state index in [0.717, 1.165) is 29.8 Å². The van der Waals surface area contributed by atoms with Crippen LogP contribution in [0.3, 0.4) is 0 Å². The van der Waals surface area contributed by atoms with Gasteiger partial charge in [-0.1, -0.05) is 43.5 Å². The molecular formula is C24H28N4O. The highest BCUT2D eigenvalue weighted by Gasteiger charge is 2.21. The van der Waals surface area contributed by atoms with Gasteiger partial charge in [0, 0.05) is 23.2 Å². The fourth-order valence-corrected chi connectivity index (χ4v) is 4.14. The van der Waals surface area contributed by atoms with Gasteiger partial charge in [-0.25, -0.2) is 4.68 Å². The number of aryl methyl sites for hydroxylation is 1. The molecule has 29 heavy (non-hydrogen) atoms. The zero-order valence-corrected chi connectivity index (χ0v) is 17.1. The number of rotatable bonds is 4. The minimum Gasteiger partial charge on any atom is -0.384 e. The predicted octanol–water partition coefficient (Wildman–Crippen LogP) is 4.74. The van der Waals surface area contributed by atoms with Crippen LogP contribution in [0.1, 0.15) is 48.5 Å². The normalized spacial score (nSPS) is 19.1. The molecule has 2 unspecified atom stereocenters. The predicted molar refractivity (Wildman–Crippen MR) is 117 cm³/mol. The highest BCUT2D eigenvalue weighted by atomic mass is 16.1. The van der Waals surface area contributed by atoms with E-state index in [2.05, 4.69) is 36.4 Å². The molecule has 150 valence electrons. The van der Waals surface area contributed by atoms with Crippen LogP contribution < -0.4 is 11.1 Å². The van der Waals surface area contributed by atoms with Gasteiger partial charge in [0.05, 0.1) is 11.4 Å². The number of benzene rings is 2. The summed E-state index contributed by atoms with van der Waals surface area (Å²) in [6.45, 7) is 4.31. The van der Waals surface area contributed by atoms with Crippen molar-refractivity contribution in [2.75, 3.05) is 5.73 Å². The van der Waals surface area contributed by atoms with E-state index in [4.69, 9.17) is 5.73 Å². The van der Waals surface area contributed by atoms with E-state index in [1.165, 1.54) is 18.4 Å². The third kappa shape index (κ3) is 4.34. The number of nitrogen functional groups attached to an aromatic ring is 1. The van der Waals surface area contributed by atoms with Gasteiger partial charge in [-0.15, -0.1) is 0 Å². The van der Waals surface area contributed by atoms with E-state index in [1.807, 2.05) is 42.5 Å². The number of carbonyl (C=O) groups excluding carboxylic acids is 1. The van der Waals surface area contributed by atoms with Crippen molar-refractivity contribution in [2.24, 2.45) is 5.92 Å². The minimum atomic E-state index is -0.00969. The number of hydrogen-bond donors (Lipinski definition) is 2. The van der Waals surface area contributed by atoms with Crippen molar-refractivity contribution in [3.8, 4) is 16.9 Å². The molecular weight excluding hydrogens is 360 g/mol. The average Bonchev–Trinajstić information content (AvgIpc) is 3.10. The van der Waals surface area contributed by atoms with Gasteiger partial charge in [-0.05, 0) is 56.0 Å². The largest absolute Gasteiger partial charge is 0.384 e. The molecule has 0 radical (unpaired) electrons. The Morgan fingerprint density at radius 3 is 2.66 bits per heavy atom. The smallest absolute Gasteiger partial charge is 0.251 e. The summed E-state index contributed by atoms with van der Waals surface area (Å²) in [6.07, 6.45) is 4.58. The Labute approximate surface area is 171 Å². The van der Waals surface area contributed by atoms with Gasteiger partial charge in [0.25, 0.3) is 5.91 Å². The third-order valence-corrected chi connectivity index (χ3v) is 5.70. The summed E-state index contributed by atoms with van der Waals surface area (Å²) in [5, 5.41) is 7.84. The molecule has 5 heteroatoms. The monoisotopic (exact) mass is 388 g/mol. The second kappa shape index (κ2) is 8.11. The van der Waals surface area contributed by atoms with Crippen molar-refractivity contribution >= 4 is 11.7 Å². The number of aromatic nitrogens is 2. The number of nitrogens with two attached hydrogens (primary N) is 1. The van der Waals surface area contributed by atoms with E-state index in [1.54, 1.807) is 4.68 Å². The first kappa shape index (κ1) is 19.2. The second-order valence-corrected chi connectivity index (χ2v) is 8.22. The molecule has 0 bridgehead atoms. The first-order valence-corrected chi connectivity index (χ1v) is 10.3. The van der Waals surface area contributed by atoms with Crippen molar-refractivity contribution in [3.63, 3.8) is 0 Å². The first-order valence-electron chi connectivity index (χ1n) is 10.3. The van der Waals surface area contributed by atoms with E-state index in [0.29, 0.717) is 17.3 Å². The SMILES string of the molecule is Cc1cccc(-c2cc(N)n(-c3ccc(C(=O)NC4CCCC(C)C4)cc3)n2)c1. The summed E-state index contributed by atoms with van der Waals surface area (Å²) < 4.78 is 1.71. The molecule has 1 aromatic heterocycles. The van der Waals surface area contributed by atoms with Crippen molar-refractivity contribution in [1.29, 1.82) is 0 Å². The zero-order chi connectivity index (χ0) is 20.4. The van der Waals surface area contributed by atoms with Gasteiger partial charge in [0.15, 0.2) is 0 Å². The molecule has 1 saturated carbocycles. The van der Waals surface area contributed by atoms with Crippen molar-refractivity contribution in [1.82, 2.24) is 15.1 Å². The van der Waals surface area contributed by atoms with Crippen LogP contribution in [0.5, 0.6) is 0 Å². The molecule has 1 aliphatic carbocycles. The summed E-state index contributed by atoms with van der Waals surface area (Å²) in [5.41, 5.74) is 10.8. The van der Waals surface area contributed by atoms with Crippen LogP contribution in [0.15, 0.2) is 54.6 Å². The molecule has 1 aliphatic rings. The number of anilines is 1. The van der Waals surface area contributed by atoms with E-state index >= 15 is 0 Å². The standard InChI is InChI=1S/C24H28N4O/c1-16-5-3-7-19(13-16)22-15-23(25)28(27-22)21-11-9-18(10-12-21)24(29)26-20-8-4-6-17(2)14-20/h3,5,7,9-13,15,17,20H,4,6,8,14,25H2,1-2H3,(H,26,29). The van der Waals surface area contributed by atoms with Gasteiger partial charge in [-0.2, -0.15) is 5.10 Å². The lowest BCUT2D eigenvalue weighted by Crippen LogP contribution is -2.37. The molecule has 1 amide bonds. The van der Waals surface area contributed by atoms with Crippen LogP contribution in [0, 0.1) is 12.8 Å². The van der Waals surface area contributed by atoms with E-state index in [-0.39, 0.29) is 11.9 Å². The molecule has 3 aromatic rings. The van der Waals surface area contributed by atoms with E-state index in [9.17, 15) is 4.79 Å². The van der Waals surface area contributed by atoms with Crippen LogP contribution in [0.4, 0.5) is 5.82 Å². The Balaban J connectivity index is 1.50.